The average molecular weight is 295 g/mol. The van der Waals surface area contributed by atoms with Crippen molar-refractivity contribution in [3.63, 3.8) is 0 Å². The molecule has 0 aliphatic heterocycles. The molecule has 0 amide bonds. The van der Waals surface area contributed by atoms with Crippen LogP contribution in [-0.2, 0) is 0 Å². The van der Waals surface area contributed by atoms with E-state index in [1.54, 1.807) is 17.4 Å². The second-order valence-corrected chi connectivity index (χ2v) is 5.68. The largest absolute Gasteiger partial charge is 0.436 e. The zero-order chi connectivity index (χ0) is 11.1. The number of thiophene rings is 1. The van der Waals surface area contributed by atoms with Gasteiger partial charge in [0.25, 0.3) is 0 Å². The fourth-order valence-electron chi connectivity index (χ4n) is 1.49. The van der Waals surface area contributed by atoms with Crippen LogP contribution < -0.4 is 5.73 Å². The van der Waals surface area contributed by atoms with Crippen LogP contribution in [0.2, 0.25) is 0 Å². The molecule has 0 saturated carbocycles. The van der Waals surface area contributed by atoms with E-state index in [1.807, 2.05) is 23.6 Å². The Morgan fingerprint density at radius 1 is 1.31 bits per heavy atom. The van der Waals surface area contributed by atoms with Gasteiger partial charge in [-0.3, -0.25) is 0 Å². The average Bonchev–Trinajstić information content (AvgIpc) is 2.83. The zero-order valence-electron chi connectivity index (χ0n) is 8.11. The first-order valence-corrected chi connectivity index (χ1v) is 6.30. The van der Waals surface area contributed by atoms with E-state index in [4.69, 9.17) is 10.2 Å². The normalized spacial score (nSPS) is 11.1. The lowest BCUT2D eigenvalue weighted by atomic mass is 10.3. The second-order valence-electron chi connectivity index (χ2n) is 3.39. The van der Waals surface area contributed by atoms with E-state index in [0.717, 1.165) is 20.4 Å². The summed E-state index contributed by atoms with van der Waals surface area (Å²) in [5, 5.41) is 2.00. The lowest BCUT2D eigenvalue weighted by Crippen LogP contribution is -1.82. The Morgan fingerprint density at radius 2 is 2.19 bits per heavy atom. The smallest absolute Gasteiger partial charge is 0.228 e. The number of nitrogens with two attached hydrogens (primary N) is 1. The van der Waals surface area contributed by atoms with Gasteiger partial charge in [-0.25, -0.2) is 4.98 Å². The predicted molar refractivity (Wildman–Crippen MR) is 69.4 cm³/mol. The zero-order valence-corrected chi connectivity index (χ0v) is 10.5. The molecule has 3 aromatic rings. The van der Waals surface area contributed by atoms with Crippen molar-refractivity contribution >= 4 is 44.1 Å². The van der Waals surface area contributed by atoms with E-state index in [2.05, 4.69) is 20.9 Å². The Hall–Kier alpha value is -1.33. The van der Waals surface area contributed by atoms with Crippen LogP contribution >= 0.6 is 27.3 Å². The molecule has 0 saturated heterocycles. The van der Waals surface area contributed by atoms with Gasteiger partial charge in [0.05, 0.1) is 3.79 Å². The Kier molecular flexibility index (Phi) is 2.22. The summed E-state index contributed by atoms with van der Waals surface area (Å²) in [5.41, 5.74) is 8.91. The standard InChI is InChI=1S/C11H7BrN2OS/c12-10-3-6(5-16-10)11-14-8-4-7(13)1-2-9(8)15-11/h1-5H,13H2. The third-order valence-corrected chi connectivity index (χ3v) is 3.73. The molecule has 2 N–H and O–H groups in total. The number of anilines is 1. The number of nitrogen functional groups attached to an aromatic ring is 1. The van der Waals surface area contributed by atoms with Crippen LogP contribution in [0.15, 0.2) is 37.8 Å². The molecule has 0 unspecified atom stereocenters. The molecular formula is C11H7BrN2OS. The van der Waals surface area contributed by atoms with Crippen LogP contribution in [0, 0.1) is 0 Å². The monoisotopic (exact) mass is 294 g/mol. The summed E-state index contributed by atoms with van der Waals surface area (Å²) in [7, 11) is 0. The molecule has 0 fully saturated rings. The van der Waals surface area contributed by atoms with Gasteiger partial charge in [0.15, 0.2) is 5.58 Å². The maximum absolute atomic E-state index is 5.69. The number of benzene rings is 1. The fraction of sp³-hybridized carbons (Fsp3) is 0. The second kappa shape index (κ2) is 3.61. The number of aromatic nitrogens is 1. The maximum atomic E-state index is 5.69. The SMILES string of the molecule is Nc1ccc2oc(-c3csc(Br)c3)nc2c1. The highest BCUT2D eigenvalue weighted by Gasteiger charge is 2.09. The molecule has 80 valence electrons. The first kappa shape index (κ1) is 9.86. The van der Waals surface area contributed by atoms with Gasteiger partial charge in [0, 0.05) is 16.6 Å². The minimum atomic E-state index is 0.627. The highest BCUT2D eigenvalue weighted by Crippen LogP contribution is 2.30. The van der Waals surface area contributed by atoms with Crippen LogP contribution in [0.3, 0.4) is 0 Å². The summed E-state index contributed by atoms with van der Waals surface area (Å²) in [6.07, 6.45) is 0. The fourth-order valence-corrected chi connectivity index (χ4v) is 2.62. The number of fused-ring (bicyclic) bond motifs is 1. The highest BCUT2D eigenvalue weighted by atomic mass is 79.9. The Morgan fingerprint density at radius 3 is 2.94 bits per heavy atom. The predicted octanol–water partition coefficient (Wildman–Crippen LogP) is 3.90. The van der Waals surface area contributed by atoms with E-state index >= 15 is 0 Å². The molecule has 0 bridgehead atoms. The maximum Gasteiger partial charge on any atom is 0.228 e. The summed E-state index contributed by atoms with van der Waals surface area (Å²) >= 11 is 5.02. The van der Waals surface area contributed by atoms with Gasteiger partial charge in [-0.15, -0.1) is 11.3 Å². The summed E-state index contributed by atoms with van der Waals surface area (Å²) < 4.78 is 6.70. The van der Waals surface area contributed by atoms with Crippen molar-refractivity contribution < 1.29 is 4.42 Å². The summed E-state index contributed by atoms with van der Waals surface area (Å²) in [5.74, 6) is 0.627. The van der Waals surface area contributed by atoms with Crippen molar-refractivity contribution in [2.24, 2.45) is 0 Å². The first-order valence-electron chi connectivity index (χ1n) is 4.63. The van der Waals surface area contributed by atoms with Crippen molar-refractivity contribution in [1.82, 2.24) is 4.98 Å². The van der Waals surface area contributed by atoms with Crippen LogP contribution in [0.4, 0.5) is 5.69 Å². The molecule has 1 aromatic carbocycles. The van der Waals surface area contributed by atoms with Gasteiger partial charge in [-0.2, -0.15) is 0 Å². The quantitative estimate of drug-likeness (QED) is 0.693. The van der Waals surface area contributed by atoms with E-state index < -0.39 is 0 Å². The third-order valence-electron chi connectivity index (χ3n) is 2.23. The molecule has 3 rings (SSSR count). The van der Waals surface area contributed by atoms with Crippen molar-refractivity contribution in [2.75, 3.05) is 5.73 Å². The number of hydrogen-bond acceptors (Lipinski definition) is 4. The van der Waals surface area contributed by atoms with Gasteiger partial charge in [0.1, 0.15) is 5.52 Å². The Labute approximate surface area is 104 Å². The van der Waals surface area contributed by atoms with Gasteiger partial charge in [0.2, 0.25) is 5.89 Å². The van der Waals surface area contributed by atoms with E-state index in [9.17, 15) is 0 Å². The summed E-state index contributed by atoms with van der Waals surface area (Å²) in [6, 6.07) is 7.44. The highest BCUT2D eigenvalue weighted by molar-refractivity contribution is 9.11. The molecule has 5 heteroatoms. The first-order chi connectivity index (χ1) is 7.72. The topological polar surface area (TPSA) is 52.0 Å². The minimum Gasteiger partial charge on any atom is -0.436 e. The van der Waals surface area contributed by atoms with Gasteiger partial charge in [-0.05, 0) is 40.2 Å². The Bertz CT molecular complexity index is 659. The van der Waals surface area contributed by atoms with E-state index in [-0.39, 0.29) is 0 Å². The molecular weight excluding hydrogens is 288 g/mol. The third kappa shape index (κ3) is 1.62. The Balaban J connectivity index is 2.18. The molecule has 16 heavy (non-hydrogen) atoms. The number of oxazole rings is 1. The van der Waals surface area contributed by atoms with Crippen LogP contribution in [0.25, 0.3) is 22.6 Å². The van der Waals surface area contributed by atoms with Gasteiger partial charge >= 0.3 is 0 Å². The number of rotatable bonds is 1. The number of halogens is 1. The lowest BCUT2D eigenvalue weighted by Gasteiger charge is -1.88. The van der Waals surface area contributed by atoms with Crippen molar-refractivity contribution in [3.05, 3.63) is 33.4 Å². The lowest BCUT2D eigenvalue weighted by molar-refractivity contribution is 0.620. The van der Waals surface area contributed by atoms with Gasteiger partial charge < -0.3 is 10.2 Å². The molecule has 0 aliphatic carbocycles. The summed E-state index contributed by atoms with van der Waals surface area (Å²) in [6.45, 7) is 0. The number of nitrogens with zero attached hydrogens (tertiary/aromatic N) is 1. The minimum absolute atomic E-state index is 0.627. The molecule has 2 aromatic heterocycles. The van der Waals surface area contributed by atoms with E-state index in [0.29, 0.717) is 11.6 Å². The molecule has 0 spiro atoms. The molecule has 0 aliphatic rings. The van der Waals surface area contributed by atoms with Crippen molar-refractivity contribution in [3.8, 4) is 11.5 Å². The molecule has 0 radical (unpaired) electrons. The van der Waals surface area contributed by atoms with E-state index in [1.165, 1.54) is 0 Å². The van der Waals surface area contributed by atoms with Crippen LogP contribution in [0.5, 0.6) is 0 Å². The van der Waals surface area contributed by atoms with Gasteiger partial charge in [-0.1, -0.05) is 0 Å². The van der Waals surface area contributed by atoms with Crippen molar-refractivity contribution in [1.29, 1.82) is 0 Å². The van der Waals surface area contributed by atoms with Crippen LogP contribution in [-0.4, -0.2) is 4.98 Å². The molecule has 3 nitrogen and oxygen atoms in total. The number of hydrogen-bond donors (Lipinski definition) is 1. The summed E-state index contributed by atoms with van der Waals surface area (Å²) in [4.78, 5) is 4.40. The molecule has 2 heterocycles. The molecule has 0 atom stereocenters. The van der Waals surface area contributed by atoms with Crippen LogP contribution in [0.1, 0.15) is 0 Å². The van der Waals surface area contributed by atoms with Crippen molar-refractivity contribution in [2.45, 2.75) is 0 Å².